The van der Waals surface area contributed by atoms with Crippen molar-refractivity contribution >= 4 is 11.7 Å². The van der Waals surface area contributed by atoms with Crippen LogP contribution in [0.15, 0.2) is 23.8 Å². The van der Waals surface area contributed by atoms with Gasteiger partial charge in [0.25, 0.3) is 5.91 Å². The van der Waals surface area contributed by atoms with Crippen LogP contribution in [0.4, 0.5) is 0 Å². The molecule has 4 rings (SSSR count). The monoisotopic (exact) mass is 458 g/mol. The summed E-state index contributed by atoms with van der Waals surface area (Å²) in [5.74, 6) is -0.0762. The molecule has 8 atom stereocenters. The van der Waals surface area contributed by atoms with E-state index in [2.05, 4.69) is 31.0 Å². The summed E-state index contributed by atoms with van der Waals surface area (Å²) in [4.78, 5) is 27.7. The summed E-state index contributed by atoms with van der Waals surface area (Å²) in [5.41, 5.74) is -1.40. The third-order valence-electron chi connectivity index (χ3n) is 10.0. The molecule has 3 fully saturated rings. The van der Waals surface area contributed by atoms with Crippen LogP contribution in [0.5, 0.6) is 0 Å². The first kappa shape index (κ1) is 24.6. The molecule has 0 bridgehead atoms. The quantitative estimate of drug-likeness (QED) is 0.569. The van der Waals surface area contributed by atoms with Gasteiger partial charge < -0.3 is 20.4 Å². The summed E-state index contributed by atoms with van der Waals surface area (Å²) in [6, 6.07) is 0. The summed E-state index contributed by atoms with van der Waals surface area (Å²) >= 11 is 0. The van der Waals surface area contributed by atoms with E-state index in [0.717, 1.165) is 44.5 Å². The van der Waals surface area contributed by atoms with Crippen molar-refractivity contribution in [3.05, 3.63) is 23.8 Å². The molecule has 0 heterocycles. The van der Waals surface area contributed by atoms with Gasteiger partial charge in [0.1, 0.15) is 0 Å². The minimum atomic E-state index is -1.50. The van der Waals surface area contributed by atoms with Gasteiger partial charge in [0.15, 0.2) is 11.4 Å². The molecule has 0 aromatic rings. The Morgan fingerprint density at radius 3 is 2.64 bits per heavy atom. The van der Waals surface area contributed by atoms with Crippen molar-refractivity contribution < 1.29 is 19.8 Å². The van der Waals surface area contributed by atoms with E-state index in [4.69, 9.17) is 0 Å². The van der Waals surface area contributed by atoms with Crippen LogP contribution in [-0.4, -0.2) is 64.7 Å². The van der Waals surface area contributed by atoms with Gasteiger partial charge in [0.2, 0.25) is 0 Å². The number of aliphatic hydroxyl groups is 2. The number of aliphatic hydroxyl groups excluding tert-OH is 1. The third kappa shape index (κ3) is 3.55. The predicted molar refractivity (Wildman–Crippen MR) is 128 cm³/mol. The molecule has 4 aliphatic rings. The molecule has 1 amide bonds. The second-order valence-corrected chi connectivity index (χ2v) is 11.4. The first-order valence-electron chi connectivity index (χ1n) is 12.9. The topological polar surface area (TPSA) is 89.9 Å². The van der Waals surface area contributed by atoms with Crippen LogP contribution in [0.1, 0.15) is 60.3 Å². The molecule has 3 N–H and O–H groups in total. The number of fused-ring (bicyclic) bond motifs is 5. The normalized spacial score (nSPS) is 44.2. The van der Waals surface area contributed by atoms with Gasteiger partial charge in [-0.05, 0) is 68.7 Å². The lowest BCUT2D eigenvalue weighted by atomic mass is 9.46. The summed E-state index contributed by atoms with van der Waals surface area (Å²) in [6.45, 7) is 13.5. The Hall–Kier alpha value is -1.50. The molecule has 0 aliphatic heterocycles. The molecular weight excluding hydrogens is 416 g/mol. The molecule has 33 heavy (non-hydrogen) atoms. The number of likely N-dealkylation sites (N-methyl/N-ethyl adjacent to an activating group) is 1. The van der Waals surface area contributed by atoms with Crippen molar-refractivity contribution in [3.8, 4) is 0 Å². The molecule has 0 radical (unpaired) electrons. The summed E-state index contributed by atoms with van der Waals surface area (Å²) < 4.78 is 0. The smallest absolute Gasteiger partial charge is 0.252 e. The zero-order valence-corrected chi connectivity index (χ0v) is 20.9. The average molecular weight is 459 g/mol. The fraction of sp³-hybridized carbons (Fsp3) is 0.778. The van der Waals surface area contributed by atoms with Crippen LogP contribution in [0.25, 0.3) is 0 Å². The fourth-order valence-electron chi connectivity index (χ4n) is 8.15. The van der Waals surface area contributed by atoms with E-state index in [1.807, 2.05) is 19.9 Å². The largest absolute Gasteiger partial charge is 0.393 e. The number of rotatable bonds is 6. The molecular formula is C27H42N2O4. The minimum absolute atomic E-state index is 0.000188. The summed E-state index contributed by atoms with van der Waals surface area (Å²) in [7, 11) is 0. The maximum Gasteiger partial charge on any atom is 0.252 e. The molecule has 4 aliphatic carbocycles. The highest BCUT2D eigenvalue weighted by molar-refractivity contribution is 6.01. The molecule has 0 unspecified atom stereocenters. The van der Waals surface area contributed by atoms with Crippen LogP contribution >= 0.6 is 0 Å². The van der Waals surface area contributed by atoms with Crippen molar-refractivity contribution in [2.45, 2.75) is 72.0 Å². The molecule has 0 saturated heterocycles. The lowest BCUT2D eigenvalue weighted by Gasteiger charge is -2.59. The predicted octanol–water partition coefficient (Wildman–Crippen LogP) is 2.70. The average Bonchev–Trinajstić information content (AvgIpc) is 2.98. The maximum atomic E-state index is 13.5. The second-order valence-electron chi connectivity index (χ2n) is 11.4. The zero-order chi connectivity index (χ0) is 24.2. The molecule has 184 valence electrons. The van der Waals surface area contributed by atoms with Crippen molar-refractivity contribution in [1.82, 2.24) is 10.2 Å². The Balaban J connectivity index is 1.59. The SMILES string of the molecule is CCN(CC)CCNC(=O)[C@@]1(O)[C@@H](C)C[C@H]2[C@@H]3CCC4=CC(=O)C=C[C@]4(C)[C@H]3[C@@H](O)C[C@@]21C. The van der Waals surface area contributed by atoms with Gasteiger partial charge in [-0.3, -0.25) is 9.59 Å². The van der Waals surface area contributed by atoms with Gasteiger partial charge in [-0.1, -0.05) is 46.3 Å². The highest BCUT2D eigenvalue weighted by Crippen LogP contribution is 2.68. The Labute approximate surface area is 198 Å². The molecule has 6 nitrogen and oxygen atoms in total. The van der Waals surface area contributed by atoms with Gasteiger partial charge in [0, 0.05) is 29.8 Å². The third-order valence-corrected chi connectivity index (χ3v) is 10.0. The molecule has 0 spiro atoms. The number of hydrogen-bond donors (Lipinski definition) is 3. The van der Waals surface area contributed by atoms with E-state index in [-0.39, 0.29) is 40.8 Å². The Bertz CT molecular complexity index is 864. The first-order valence-corrected chi connectivity index (χ1v) is 12.9. The van der Waals surface area contributed by atoms with Crippen LogP contribution < -0.4 is 5.32 Å². The highest BCUT2D eigenvalue weighted by Gasteiger charge is 2.70. The van der Waals surface area contributed by atoms with E-state index in [1.165, 1.54) is 0 Å². The Morgan fingerprint density at radius 2 is 1.97 bits per heavy atom. The number of amides is 1. The summed E-state index contributed by atoms with van der Waals surface area (Å²) in [5, 5.41) is 26.5. The number of allylic oxidation sites excluding steroid dienone is 4. The van der Waals surface area contributed by atoms with E-state index in [9.17, 15) is 19.8 Å². The maximum absolute atomic E-state index is 13.5. The Morgan fingerprint density at radius 1 is 1.27 bits per heavy atom. The number of nitrogens with one attached hydrogen (secondary N) is 1. The Kier molecular flexibility index (Phi) is 6.43. The van der Waals surface area contributed by atoms with E-state index in [1.54, 1.807) is 12.2 Å². The number of carbonyl (C=O) groups is 2. The van der Waals surface area contributed by atoms with Gasteiger partial charge in [0.05, 0.1) is 6.10 Å². The zero-order valence-electron chi connectivity index (χ0n) is 20.9. The van der Waals surface area contributed by atoms with Crippen molar-refractivity contribution in [1.29, 1.82) is 0 Å². The number of ketones is 1. The van der Waals surface area contributed by atoms with Crippen LogP contribution in [-0.2, 0) is 9.59 Å². The fourth-order valence-corrected chi connectivity index (χ4v) is 8.15. The van der Waals surface area contributed by atoms with Gasteiger partial charge in [-0.25, -0.2) is 0 Å². The lowest BCUT2D eigenvalue weighted by Crippen LogP contribution is -2.64. The molecule has 3 saturated carbocycles. The number of hydrogen-bond acceptors (Lipinski definition) is 5. The van der Waals surface area contributed by atoms with E-state index in [0.29, 0.717) is 13.0 Å². The van der Waals surface area contributed by atoms with E-state index >= 15 is 0 Å². The van der Waals surface area contributed by atoms with Crippen molar-refractivity contribution in [2.24, 2.45) is 34.5 Å². The molecule has 0 aromatic heterocycles. The van der Waals surface area contributed by atoms with Crippen molar-refractivity contribution in [2.75, 3.05) is 26.2 Å². The van der Waals surface area contributed by atoms with Crippen LogP contribution in [0.3, 0.4) is 0 Å². The number of carbonyl (C=O) groups excluding carboxylic acids is 2. The van der Waals surface area contributed by atoms with Gasteiger partial charge in [-0.2, -0.15) is 0 Å². The van der Waals surface area contributed by atoms with Crippen molar-refractivity contribution in [3.63, 3.8) is 0 Å². The van der Waals surface area contributed by atoms with Gasteiger partial charge >= 0.3 is 0 Å². The lowest BCUT2D eigenvalue weighted by molar-refractivity contribution is -0.183. The van der Waals surface area contributed by atoms with Gasteiger partial charge in [-0.15, -0.1) is 0 Å². The minimum Gasteiger partial charge on any atom is -0.393 e. The number of nitrogens with zero attached hydrogens (tertiary/aromatic N) is 1. The highest BCUT2D eigenvalue weighted by atomic mass is 16.3. The second kappa shape index (κ2) is 8.62. The van der Waals surface area contributed by atoms with Crippen LogP contribution in [0, 0.1) is 34.5 Å². The van der Waals surface area contributed by atoms with E-state index < -0.39 is 17.1 Å². The molecule has 6 heteroatoms. The summed E-state index contributed by atoms with van der Waals surface area (Å²) in [6.07, 6.45) is 7.65. The standard InChI is InChI=1S/C27H42N2O4/c1-6-29(7-2)13-12-28-24(32)27(33)17(3)14-21-20-9-8-18-15-19(30)10-11-25(18,4)23(20)22(31)16-26(21,27)5/h10-11,15,17,20-23,31,33H,6-9,12-14,16H2,1-5H3,(H,28,32)/t17-,20-,21-,22-,23+,25-,26-,27-/m0/s1. The van der Waals surface area contributed by atoms with Crippen LogP contribution in [0.2, 0.25) is 0 Å². The molecule has 0 aromatic carbocycles. The first-order chi connectivity index (χ1) is 15.5.